The lowest BCUT2D eigenvalue weighted by molar-refractivity contribution is 0.163. The lowest BCUT2D eigenvalue weighted by Gasteiger charge is -2.28. The summed E-state index contributed by atoms with van der Waals surface area (Å²) >= 11 is 3.47. The molecule has 0 aromatic carbocycles. The summed E-state index contributed by atoms with van der Waals surface area (Å²) in [6.45, 7) is 0.250. The maximum Gasteiger partial charge on any atom is 0.208 e. The highest BCUT2D eigenvalue weighted by Crippen LogP contribution is 2.42. The molecule has 3 rings (SSSR count). The third kappa shape index (κ3) is 3.27. The van der Waals surface area contributed by atoms with Crippen molar-refractivity contribution in [1.82, 2.24) is 15.5 Å². The maximum atomic E-state index is 9.75. The van der Waals surface area contributed by atoms with E-state index in [9.17, 15) is 5.11 Å². The summed E-state index contributed by atoms with van der Waals surface area (Å²) < 4.78 is 1.04. The first-order chi connectivity index (χ1) is 9.60. The van der Waals surface area contributed by atoms with Crippen LogP contribution in [0.1, 0.15) is 32.1 Å². The largest absolute Gasteiger partial charge is 0.394 e. The number of hydrogen-bond acceptors (Lipinski definition) is 7. The van der Waals surface area contributed by atoms with Crippen LogP contribution in [-0.2, 0) is 0 Å². The SMILES string of the molecule is CN(C)c1nnc(SC2CCC(CO)(NC3CC3)C2)s1. The van der Waals surface area contributed by atoms with E-state index in [2.05, 4.69) is 15.5 Å². The van der Waals surface area contributed by atoms with Crippen molar-refractivity contribution in [2.24, 2.45) is 0 Å². The van der Waals surface area contributed by atoms with Crippen LogP contribution in [0, 0.1) is 0 Å². The normalized spacial score (nSPS) is 29.9. The van der Waals surface area contributed by atoms with Gasteiger partial charge in [0.15, 0.2) is 4.34 Å². The van der Waals surface area contributed by atoms with E-state index < -0.39 is 0 Å². The van der Waals surface area contributed by atoms with Gasteiger partial charge in [-0.2, -0.15) is 0 Å². The molecule has 1 aromatic rings. The Kier molecular flexibility index (Phi) is 4.21. The summed E-state index contributed by atoms with van der Waals surface area (Å²) in [6.07, 6.45) is 5.77. The second-order valence-corrected chi connectivity index (χ2v) is 8.59. The van der Waals surface area contributed by atoms with Gasteiger partial charge in [-0.25, -0.2) is 0 Å². The fraction of sp³-hybridized carbons (Fsp3) is 0.846. The van der Waals surface area contributed by atoms with E-state index in [4.69, 9.17) is 0 Å². The minimum Gasteiger partial charge on any atom is -0.394 e. The predicted molar refractivity (Wildman–Crippen MR) is 83.7 cm³/mol. The molecule has 2 saturated carbocycles. The highest BCUT2D eigenvalue weighted by atomic mass is 32.2. The molecule has 5 nitrogen and oxygen atoms in total. The third-order valence-corrected chi connectivity index (χ3v) is 6.44. The van der Waals surface area contributed by atoms with Crippen LogP contribution in [0.5, 0.6) is 0 Å². The van der Waals surface area contributed by atoms with Gasteiger partial charge in [0.25, 0.3) is 0 Å². The molecule has 2 unspecified atom stereocenters. The van der Waals surface area contributed by atoms with E-state index in [-0.39, 0.29) is 12.1 Å². The first-order valence-electron chi connectivity index (χ1n) is 7.16. The molecule has 0 bridgehead atoms. The minimum atomic E-state index is -0.0477. The molecular weight excluding hydrogens is 292 g/mol. The molecule has 0 aliphatic heterocycles. The van der Waals surface area contributed by atoms with E-state index in [1.165, 1.54) is 12.8 Å². The summed E-state index contributed by atoms with van der Waals surface area (Å²) in [5.74, 6) is 0. The molecular formula is C13H22N4OS2. The van der Waals surface area contributed by atoms with E-state index in [0.717, 1.165) is 28.7 Å². The fourth-order valence-electron chi connectivity index (χ4n) is 2.73. The van der Waals surface area contributed by atoms with Crippen molar-refractivity contribution in [3.8, 4) is 0 Å². The van der Waals surface area contributed by atoms with Crippen molar-refractivity contribution in [2.75, 3.05) is 25.6 Å². The molecule has 1 aromatic heterocycles. The Hall–Kier alpha value is -0.370. The van der Waals surface area contributed by atoms with E-state index in [0.29, 0.717) is 11.3 Å². The smallest absolute Gasteiger partial charge is 0.208 e. The zero-order valence-corrected chi connectivity index (χ0v) is 13.6. The molecule has 112 valence electrons. The highest BCUT2D eigenvalue weighted by Gasteiger charge is 2.42. The maximum absolute atomic E-state index is 9.75. The molecule has 0 amide bonds. The molecule has 20 heavy (non-hydrogen) atoms. The molecule has 2 N–H and O–H groups in total. The van der Waals surface area contributed by atoms with Crippen molar-refractivity contribution in [3.63, 3.8) is 0 Å². The third-order valence-electron chi connectivity index (χ3n) is 4.00. The van der Waals surface area contributed by atoms with Crippen LogP contribution in [0.15, 0.2) is 4.34 Å². The summed E-state index contributed by atoms with van der Waals surface area (Å²) in [4.78, 5) is 1.99. The molecule has 7 heteroatoms. The van der Waals surface area contributed by atoms with Crippen molar-refractivity contribution in [1.29, 1.82) is 0 Å². The Labute approximate surface area is 128 Å². The van der Waals surface area contributed by atoms with Gasteiger partial charge in [-0.3, -0.25) is 0 Å². The first-order valence-corrected chi connectivity index (χ1v) is 8.86. The van der Waals surface area contributed by atoms with Gasteiger partial charge in [-0.1, -0.05) is 23.1 Å². The van der Waals surface area contributed by atoms with Gasteiger partial charge in [0, 0.05) is 30.9 Å². The number of nitrogens with one attached hydrogen (secondary N) is 1. The predicted octanol–water partition coefficient (Wildman–Crippen LogP) is 1.73. The van der Waals surface area contributed by atoms with Crippen LogP contribution in [-0.4, -0.2) is 52.8 Å². The zero-order valence-electron chi connectivity index (χ0n) is 12.0. The van der Waals surface area contributed by atoms with Gasteiger partial charge in [0.1, 0.15) is 0 Å². The Morgan fingerprint density at radius 1 is 1.40 bits per heavy atom. The topological polar surface area (TPSA) is 61.3 Å². The number of aromatic nitrogens is 2. The number of nitrogens with zero attached hydrogens (tertiary/aromatic N) is 3. The molecule has 2 atom stereocenters. The molecule has 2 aliphatic carbocycles. The first kappa shape index (κ1) is 14.6. The van der Waals surface area contributed by atoms with Gasteiger partial charge in [0.05, 0.1) is 6.61 Å². The van der Waals surface area contributed by atoms with Crippen LogP contribution in [0.2, 0.25) is 0 Å². The lowest BCUT2D eigenvalue weighted by atomic mass is 9.99. The number of aliphatic hydroxyl groups is 1. The van der Waals surface area contributed by atoms with Crippen LogP contribution in [0.4, 0.5) is 5.13 Å². The summed E-state index contributed by atoms with van der Waals surface area (Å²) in [6, 6.07) is 0.646. The van der Waals surface area contributed by atoms with Gasteiger partial charge < -0.3 is 15.3 Å². The van der Waals surface area contributed by atoms with E-state index in [1.807, 2.05) is 30.8 Å². The fourth-order valence-corrected chi connectivity index (χ4v) is 5.07. The summed E-state index contributed by atoms with van der Waals surface area (Å²) in [7, 11) is 3.97. The Morgan fingerprint density at radius 3 is 2.80 bits per heavy atom. The molecule has 2 fully saturated rings. The number of aliphatic hydroxyl groups excluding tert-OH is 1. The molecule has 0 saturated heterocycles. The van der Waals surface area contributed by atoms with Crippen LogP contribution >= 0.6 is 23.1 Å². The lowest BCUT2D eigenvalue weighted by Crippen LogP contribution is -2.47. The average molecular weight is 314 g/mol. The van der Waals surface area contributed by atoms with Gasteiger partial charge in [-0.15, -0.1) is 10.2 Å². The number of anilines is 1. The molecule has 2 aliphatic rings. The minimum absolute atomic E-state index is 0.0477. The second kappa shape index (κ2) is 5.79. The Bertz CT molecular complexity index is 463. The van der Waals surface area contributed by atoms with Crippen molar-refractivity contribution >= 4 is 28.2 Å². The van der Waals surface area contributed by atoms with Gasteiger partial charge >= 0.3 is 0 Å². The summed E-state index contributed by atoms with van der Waals surface area (Å²) in [5.41, 5.74) is -0.0477. The van der Waals surface area contributed by atoms with Crippen molar-refractivity contribution < 1.29 is 5.11 Å². The Morgan fingerprint density at radius 2 is 2.20 bits per heavy atom. The number of rotatable bonds is 6. The number of thioether (sulfide) groups is 1. The van der Waals surface area contributed by atoms with E-state index >= 15 is 0 Å². The highest BCUT2D eigenvalue weighted by molar-refractivity contribution is 8.01. The Balaban J connectivity index is 1.58. The molecule has 0 radical (unpaired) electrons. The van der Waals surface area contributed by atoms with Crippen LogP contribution in [0.25, 0.3) is 0 Å². The van der Waals surface area contributed by atoms with Gasteiger partial charge in [-0.05, 0) is 32.1 Å². The van der Waals surface area contributed by atoms with Crippen LogP contribution < -0.4 is 10.2 Å². The summed E-state index contributed by atoms with van der Waals surface area (Å²) in [5, 5.41) is 23.3. The number of hydrogen-bond donors (Lipinski definition) is 2. The van der Waals surface area contributed by atoms with Crippen molar-refractivity contribution in [3.05, 3.63) is 0 Å². The molecule has 0 spiro atoms. The quantitative estimate of drug-likeness (QED) is 0.834. The molecule has 1 heterocycles. The van der Waals surface area contributed by atoms with E-state index in [1.54, 1.807) is 11.3 Å². The second-order valence-electron chi connectivity index (χ2n) is 6.08. The zero-order chi connectivity index (χ0) is 14.2. The van der Waals surface area contributed by atoms with Crippen LogP contribution in [0.3, 0.4) is 0 Å². The standard InChI is InChI=1S/C13H22N4OS2/c1-17(2)11-15-16-12(20-11)19-10-5-6-13(7-10,8-18)14-9-3-4-9/h9-10,14,18H,3-8H2,1-2H3. The van der Waals surface area contributed by atoms with Crippen molar-refractivity contribution in [2.45, 2.75) is 53.3 Å². The van der Waals surface area contributed by atoms with Gasteiger partial charge in [0.2, 0.25) is 5.13 Å². The monoisotopic (exact) mass is 314 g/mol. The average Bonchev–Trinajstić information content (AvgIpc) is 2.95.